The number of benzene rings is 2. The van der Waals surface area contributed by atoms with Crippen molar-refractivity contribution in [2.24, 2.45) is 0 Å². The summed E-state index contributed by atoms with van der Waals surface area (Å²) in [7, 11) is 3.20. The van der Waals surface area contributed by atoms with Gasteiger partial charge in [0.2, 0.25) is 0 Å². The largest absolute Gasteiger partial charge is 0.504 e. The SMILES string of the molecule is COc1ccc(C(C)NCc2cccc(OC)c2O)cc1. The molecule has 0 aliphatic heterocycles. The fourth-order valence-electron chi connectivity index (χ4n) is 2.15. The zero-order chi connectivity index (χ0) is 15.2. The highest BCUT2D eigenvalue weighted by Gasteiger charge is 2.09. The van der Waals surface area contributed by atoms with E-state index in [4.69, 9.17) is 9.47 Å². The number of phenolic OH excluding ortho intramolecular Hbond substituents is 1. The van der Waals surface area contributed by atoms with Gasteiger partial charge >= 0.3 is 0 Å². The predicted molar refractivity (Wildman–Crippen MR) is 82.9 cm³/mol. The molecule has 112 valence electrons. The third-order valence-electron chi connectivity index (χ3n) is 3.52. The van der Waals surface area contributed by atoms with Crippen LogP contribution < -0.4 is 14.8 Å². The van der Waals surface area contributed by atoms with Gasteiger partial charge in [-0.15, -0.1) is 0 Å². The first-order valence-corrected chi connectivity index (χ1v) is 6.88. The summed E-state index contributed by atoms with van der Waals surface area (Å²) in [6, 6.07) is 13.6. The van der Waals surface area contributed by atoms with Crippen LogP contribution in [-0.2, 0) is 6.54 Å². The number of phenols is 1. The summed E-state index contributed by atoms with van der Waals surface area (Å²) in [6.45, 7) is 2.65. The molecule has 0 radical (unpaired) electrons. The van der Waals surface area contributed by atoms with Crippen LogP contribution in [0.3, 0.4) is 0 Å². The molecule has 0 aliphatic carbocycles. The van der Waals surface area contributed by atoms with Crippen molar-refractivity contribution < 1.29 is 14.6 Å². The average Bonchev–Trinajstić information content (AvgIpc) is 2.53. The first kappa shape index (κ1) is 15.2. The van der Waals surface area contributed by atoms with Crippen LogP contribution in [0.1, 0.15) is 24.1 Å². The van der Waals surface area contributed by atoms with E-state index in [9.17, 15) is 5.11 Å². The monoisotopic (exact) mass is 287 g/mol. The molecule has 2 rings (SSSR count). The normalized spacial score (nSPS) is 12.0. The van der Waals surface area contributed by atoms with Gasteiger partial charge in [0, 0.05) is 18.2 Å². The Balaban J connectivity index is 2.01. The quantitative estimate of drug-likeness (QED) is 0.856. The molecular formula is C17H21NO3. The molecule has 0 saturated carbocycles. The van der Waals surface area contributed by atoms with E-state index in [1.807, 2.05) is 36.4 Å². The number of rotatable bonds is 6. The number of aromatic hydroxyl groups is 1. The number of nitrogens with one attached hydrogen (secondary N) is 1. The number of ether oxygens (including phenoxy) is 2. The van der Waals surface area contributed by atoms with Crippen LogP contribution in [0.2, 0.25) is 0 Å². The van der Waals surface area contributed by atoms with Gasteiger partial charge in [-0.2, -0.15) is 0 Å². The summed E-state index contributed by atoms with van der Waals surface area (Å²) in [4.78, 5) is 0. The first-order valence-electron chi connectivity index (χ1n) is 6.88. The third kappa shape index (κ3) is 3.67. The van der Waals surface area contributed by atoms with Gasteiger partial charge in [0.15, 0.2) is 11.5 Å². The van der Waals surface area contributed by atoms with E-state index < -0.39 is 0 Å². The molecule has 4 heteroatoms. The van der Waals surface area contributed by atoms with Crippen LogP contribution in [0.15, 0.2) is 42.5 Å². The maximum Gasteiger partial charge on any atom is 0.162 e. The Kier molecular flexibility index (Phi) is 5.06. The summed E-state index contributed by atoms with van der Waals surface area (Å²) >= 11 is 0. The molecule has 0 bridgehead atoms. The minimum Gasteiger partial charge on any atom is -0.504 e. The average molecular weight is 287 g/mol. The lowest BCUT2D eigenvalue weighted by atomic mass is 10.1. The van der Waals surface area contributed by atoms with Crippen LogP contribution in [0.25, 0.3) is 0 Å². The van der Waals surface area contributed by atoms with E-state index in [1.54, 1.807) is 20.3 Å². The fraction of sp³-hybridized carbons (Fsp3) is 0.294. The molecule has 0 spiro atoms. The molecule has 2 aromatic rings. The van der Waals surface area contributed by atoms with Crippen molar-refractivity contribution in [3.63, 3.8) is 0 Å². The molecule has 0 amide bonds. The molecule has 2 N–H and O–H groups in total. The zero-order valence-corrected chi connectivity index (χ0v) is 12.6. The second-order valence-electron chi connectivity index (χ2n) is 4.84. The Labute approximate surface area is 125 Å². The van der Waals surface area contributed by atoms with E-state index in [0.29, 0.717) is 12.3 Å². The van der Waals surface area contributed by atoms with Gasteiger partial charge in [0.05, 0.1) is 14.2 Å². The summed E-state index contributed by atoms with van der Waals surface area (Å²) in [5, 5.41) is 13.4. The molecule has 21 heavy (non-hydrogen) atoms. The van der Waals surface area contributed by atoms with E-state index in [0.717, 1.165) is 16.9 Å². The molecule has 2 aromatic carbocycles. The second-order valence-corrected chi connectivity index (χ2v) is 4.84. The Bertz CT molecular complexity index is 581. The molecule has 0 heterocycles. The topological polar surface area (TPSA) is 50.7 Å². The third-order valence-corrected chi connectivity index (χ3v) is 3.52. The standard InChI is InChI=1S/C17H21NO3/c1-12(13-7-9-15(20-2)10-8-13)18-11-14-5-4-6-16(21-3)17(14)19/h4-10,12,18-19H,11H2,1-3H3. The summed E-state index contributed by atoms with van der Waals surface area (Å²) in [5.74, 6) is 1.53. The van der Waals surface area contributed by atoms with Crippen molar-refractivity contribution >= 4 is 0 Å². The maximum atomic E-state index is 10.1. The van der Waals surface area contributed by atoms with Gasteiger partial charge < -0.3 is 19.9 Å². The minimum atomic E-state index is 0.168. The number of para-hydroxylation sites is 1. The van der Waals surface area contributed by atoms with Crippen LogP contribution >= 0.6 is 0 Å². The van der Waals surface area contributed by atoms with E-state index in [2.05, 4.69) is 12.2 Å². The maximum absolute atomic E-state index is 10.1. The van der Waals surface area contributed by atoms with Crippen molar-refractivity contribution in [1.82, 2.24) is 5.32 Å². The molecule has 1 atom stereocenters. The van der Waals surface area contributed by atoms with Gasteiger partial charge in [-0.1, -0.05) is 24.3 Å². The highest BCUT2D eigenvalue weighted by Crippen LogP contribution is 2.29. The lowest BCUT2D eigenvalue weighted by Crippen LogP contribution is -2.18. The molecular weight excluding hydrogens is 266 g/mol. The van der Waals surface area contributed by atoms with Crippen molar-refractivity contribution in [2.45, 2.75) is 19.5 Å². The smallest absolute Gasteiger partial charge is 0.162 e. The highest BCUT2D eigenvalue weighted by molar-refractivity contribution is 5.45. The van der Waals surface area contributed by atoms with Crippen molar-refractivity contribution in [3.05, 3.63) is 53.6 Å². The van der Waals surface area contributed by atoms with E-state index in [-0.39, 0.29) is 11.8 Å². The summed E-state index contributed by atoms with van der Waals surface area (Å²) in [5.41, 5.74) is 1.98. The van der Waals surface area contributed by atoms with Crippen molar-refractivity contribution in [3.8, 4) is 17.2 Å². The van der Waals surface area contributed by atoms with E-state index in [1.165, 1.54) is 0 Å². The lowest BCUT2D eigenvalue weighted by Gasteiger charge is -2.16. The molecule has 0 aromatic heterocycles. The Morgan fingerprint density at radius 2 is 1.76 bits per heavy atom. The van der Waals surface area contributed by atoms with Gasteiger partial charge in [-0.05, 0) is 30.7 Å². The minimum absolute atomic E-state index is 0.168. The van der Waals surface area contributed by atoms with Crippen LogP contribution in [0, 0.1) is 0 Å². The van der Waals surface area contributed by atoms with Gasteiger partial charge in [-0.3, -0.25) is 0 Å². The zero-order valence-electron chi connectivity index (χ0n) is 12.6. The Morgan fingerprint density at radius 1 is 1.05 bits per heavy atom. The van der Waals surface area contributed by atoms with Gasteiger partial charge in [0.25, 0.3) is 0 Å². The number of methoxy groups -OCH3 is 2. The van der Waals surface area contributed by atoms with Gasteiger partial charge in [0.1, 0.15) is 5.75 Å². The summed E-state index contributed by atoms with van der Waals surface area (Å²) < 4.78 is 10.3. The molecule has 0 saturated heterocycles. The van der Waals surface area contributed by atoms with E-state index >= 15 is 0 Å². The Morgan fingerprint density at radius 3 is 2.38 bits per heavy atom. The lowest BCUT2D eigenvalue weighted by molar-refractivity contribution is 0.369. The van der Waals surface area contributed by atoms with Gasteiger partial charge in [-0.25, -0.2) is 0 Å². The second kappa shape index (κ2) is 6.99. The fourth-order valence-corrected chi connectivity index (χ4v) is 2.15. The first-order chi connectivity index (χ1) is 10.2. The molecule has 0 fully saturated rings. The van der Waals surface area contributed by atoms with Crippen LogP contribution in [0.4, 0.5) is 0 Å². The summed E-state index contributed by atoms with van der Waals surface area (Å²) in [6.07, 6.45) is 0. The Hall–Kier alpha value is -2.20. The van der Waals surface area contributed by atoms with Crippen molar-refractivity contribution in [1.29, 1.82) is 0 Å². The van der Waals surface area contributed by atoms with Crippen molar-refractivity contribution in [2.75, 3.05) is 14.2 Å². The number of hydrogen-bond acceptors (Lipinski definition) is 4. The molecule has 4 nitrogen and oxygen atoms in total. The van der Waals surface area contributed by atoms with Crippen LogP contribution in [0.5, 0.6) is 17.2 Å². The molecule has 1 unspecified atom stereocenters. The molecule has 0 aliphatic rings. The predicted octanol–water partition coefficient (Wildman–Crippen LogP) is 3.26. The number of hydrogen-bond donors (Lipinski definition) is 2. The highest BCUT2D eigenvalue weighted by atomic mass is 16.5. The van der Waals surface area contributed by atoms with Crippen LogP contribution in [-0.4, -0.2) is 19.3 Å².